The minimum atomic E-state index is 0.499. The number of rotatable bonds is 9. The lowest BCUT2D eigenvalue weighted by molar-refractivity contribution is 0.0192. The van der Waals surface area contributed by atoms with E-state index in [4.69, 9.17) is 19.9 Å². The van der Waals surface area contributed by atoms with Crippen molar-refractivity contribution < 1.29 is 14.2 Å². The van der Waals surface area contributed by atoms with Gasteiger partial charge in [-0.2, -0.15) is 0 Å². The quantitative estimate of drug-likeness (QED) is 0.644. The van der Waals surface area contributed by atoms with Crippen molar-refractivity contribution in [2.75, 3.05) is 33.5 Å². The Morgan fingerprint density at radius 1 is 1.12 bits per heavy atom. The van der Waals surface area contributed by atoms with Crippen LogP contribution in [0.3, 0.4) is 0 Å². The molecule has 0 saturated heterocycles. The van der Waals surface area contributed by atoms with E-state index in [0.717, 1.165) is 11.3 Å². The fourth-order valence-corrected chi connectivity index (χ4v) is 1.20. The summed E-state index contributed by atoms with van der Waals surface area (Å²) in [4.78, 5) is 4.23. The third-order valence-electron chi connectivity index (χ3n) is 2.18. The highest BCUT2D eigenvalue weighted by Gasteiger charge is 1.96. The molecule has 0 fully saturated rings. The van der Waals surface area contributed by atoms with Crippen LogP contribution in [0.1, 0.15) is 11.3 Å². The molecule has 1 heterocycles. The van der Waals surface area contributed by atoms with Crippen LogP contribution in [-0.2, 0) is 27.4 Å². The second-order valence-corrected chi connectivity index (χ2v) is 3.52. The number of hydrogen-bond acceptors (Lipinski definition) is 5. The van der Waals surface area contributed by atoms with E-state index in [2.05, 4.69) is 4.98 Å². The van der Waals surface area contributed by atoms with Gasteiger partial charge in [0.1, 0.15) is 0 Å². The van der Waals surface area contributed by atoms with Gasteiger partial charge in [0, 0.05) is 19.9 Å². The van der Waals surface area contributed by atoms with Crippen LogP contribution in [0.2, 0.25) is 0 Å². The van der Waals surface area contributed by atoms with Crippen molar-refractivity contribution in [2.45, 2.75) is 13.2 Å². The van der Waals surface area contributed by atoms with Crippen LogP contribution in [-0.4, -0.2) is 38.5 Å². The van der Waals surface area contributed by atoms with Crippen molar-refractivity contribution in [1.82, 2.24) is 4.98 Å². The van der Waals surface area contributed by atoms with Gasteiger partial charge in [-0.3, -0.25) is 4.98 Å². The fraction of sp³-hybridized carbons (Fsp3) is 0.583. The topological polar surface area (TPSA) is 66.6 Å². The van der Waals surface area contributed by atoms with Gasteiger partial charge in [-0.15, -0.1) is 0 Å². The van der Waals surface area contributed by atoms with E-state index in [1.54, 1.807) is 13.3 Å². The lowest BCUT2D eigenvalue weighted by Crippen LogP contribution is -2.08. The molecule has 0 amide bonds. The van der Waals surface area contributed by atoms with Crippen LogP contribution in [0.15, 0.2) is 18.3 Å². The van der Waals surface area contributed by atoms with E-state index in [1.807, 2.05) is 12.1 Å². The van der Waals surface area contributed by atoms with Crippen molar-refractivity contribution in [3.05, 3.63) is 29.6 Å². The second kappa shape index (κ2) is 9.07. The third kappa shape index (κ3) is 6.33. The molecule has 1 aromatic rings. The molecule has 1 rings (SSSR count). The zero-order chi connectivity index (χ0) is 12.3. The highest BCUT2D eigenvalue weighted by Crippen LogP contribution is 2.00. The normalized spacial score (nSPS) is 10.7. The molecule has 0 unspecified atom stereocenters. The molecule has 5 heteroatoms. The molecule has 0 radical (unpaired) electrons. The van der Waals surface area contributed by atoms with Crippen LogP contribution in [0, 0.1) is 0 Å². The Labute approximate surface area is 102 Å². The van der Waals surface area contributed by atoms with Gasteiger partial charge in [0.05, 0.1) is 38.7 Å². The third-order valence-corrected chi connectivity index (χ3v) is 2.18. The Morgan fingerprint density at radius 2 is 1.88 bits per heavy atom. The van der Waals surface area contributed by atoms with Crippen LogP contribution >= 0.6 is 0 Å². The van der Waals surface area contributed by atoms with Crippen molar-refractivity contribution in [3.63, 3.8) is 0 Å². The molecule has 0 aliphatic rings. The van der Waals surface area contributed by atoms with Crippen LogP contribution < -0.4 is 5.73 Å². The van der Waals surface area contributed by atoms with Gasteiger partial charge in [-0.25, -0.2) is 0 Å². The lowest BCUT2D eigenvalue weighted by Gasteiger charge is -2.05. The molecule has 0 aliphatic heterocycles. The minimum Gasteiger partial charge on any atom is -0.382 e. The summed E-state index contributed by atoms with van der Waals surface area (Å²) in [6, 6.07) is 3.88. The summed E-state index contributed by atoms with van der Waals surface area (Å²) in [5.41, 5.74) is 7.41. The predicted molar refractivity (Wildman–Crippen MR) is 64.5 cm³/mol. The molecule has 1 aromatic heterocycles. The molecular formula is C12H20N2O3. The molecule has 96 valence electrons. The first-order valence-corrected chi connectivity index (χ1v) is 5.65. The SMILES string of the molecule is COCCOCCOCc1ccc(CN)cn1. The highest BCUT2D eigenvalue weighted by atomic mass is 16.5. The van der Waals surface area contributed by atoms with Crippen molar-refractivity contribution in [2.24, 2.45) is 5.73 Å². The summed E-state index contributed by atoms with van der Waals surface area (Å²) in [7, 11) is 1.65. The number of nitrogens with two attached hydrogens (primary N) is 1. The van der Waals surface area contributed by atoms with Crippen molar-refractivity contribution in [3.8, 4) is 0 Å². The zero-order valence-corrected chi connectivity index (χ0v) is 10.2. The fourth-order valence-electron chi connectivity index (χ4n) is 1.20. The number of ether oxygens (including phenoxy) is 3. The summed E-state index contributed by atoms with van der Waals surface area (Å²) < 4.78 is 15.5. The molecule has 0 atom stereocenters. The van der Waals surface area contributed by atoms with Crippen LogP contribution in [0.4, 0.5) is 0 Å². The Balaban J connectivity index is 2.05. The molecule has 2 N–H and O–H groups in total. The van der Waals surface area contributed by atoms with E-state index < -0.39 is 0 Å². The van der Waals surface area contributed by atoms with Gasteiger partial charge in [0.2, 0.25) is 0 Å². The summed E-state index contributed by atoms with van der Waals surface area (Å²) in [6.07, 6.45) is 1.77. The molecule has 0 aromatic carbocycles. The first-order chi connectivity index (χ1) is 8.36. The molecule has 0 aliphatic carbocycles. The molecule has 5 nitrogen and oxygen atoms in total. The summed E-state index contributed by atoms with van der Waals surface area (Å²) >= 11 is 0. The largest absolute Gasteiger partial charge is 0.382 e. The molecule has 0 bridgehead atoms. The van der Waals surface area contributed by atoms with Crippen LogP contribution in [0.25, 0.3) is 0 Å². The molecule has 17 heavy (non-hydrogen) atoms. The number of nitrogens with zero attached hydrogens (tertiary/aromatic N) is 1. The van der Waals surface area contributed by atoms with Crippen molar-refractivity contribution >= 4 is 0 Å². The smallest absolute Gasteiger partial charge is 0.0889 e. The Morgan fingerprint density at radius 3 is 2.53 bits per heavy atom. The van der Waals surface area contributed by atoms with E-state index in [0.29, 0.717) is 39.6 Å². The van der Waals surface area contributed by atoms with Gasteiger partial charge < -0.3 is 19.9 Å². The Hall–Kier alpha value is -1.01. The maximum atomic E-state index is 5.48. The van der Waals surface area contributed by atoms with E-state index >= 15 is 0 Å². The summed E-state index contributed by atoms with van der Waals surface area (Å²) in [6.45, 7) is 3.36. The van der Waals surface area contributed by atoms with Gasteiger partial charge in [0.25, 0.3) is 0 Å². The average Bonchev–Trinajstić information content (AvgIpc) is 2.38. The Bertz CT molecular complexity index is 290. The number of pyridine rings is 1. The van der Waals surface area contributed by atoms with E-state index in [1.165, 1.54) is 0 Å². The zero-order valence-electron chi connectivity index (χ0n) is 10.2. The number of hydrogen-bond donors (Lipinski definition) is 1. The minimum absolute atomic E-state index is 0.499. The van der Waals surface area contributed by atoms with Gasteiger partial charge >= 0.3 is 0 Å². The molecule has 0 spiro atoms. The highest BCUT2D eigenvalue weighted by molar-refractivity contribution is 5.13. The van der Waals surface area contributed by atoms with Gasteiger partial charge in [-0.05, 0) is 11.6 Å². The number of aromatic nitrogens is 1. The Kier molecular flexibility index (Phi) is 7.49. The van der Waals surface area contributed by atoms with Crippen LogP contribution in [0.5, 0.6) is 0 Å². The average molecular weight is 240 g/mol. The number of methoxy groups -OCH3 is 1. The lowest BCUT2D eigenvalue weighted by atomic mass is 10.2. The first kappa shape index (κ1) is 14.1. The van der Waals surface area contributed by atoms with E-state index in [9.17, 15) is 0 Å². The van der Waals surface area contributed by atoms with Crippen molar-refractivity contribution in [1.29, 1.82) is 0 Å². The standard InChI is InChI=1S/C12H20N2O3/c1-15-4-5-16-6-7-17-10-12-3-2-11(8-13)9-14-12/h2-3,9H,4-8,10,13H2,1H3. The summed E-state index contributed by atoms with van der Waals surface area (Å²) in [5.74, 6) is 0. The monoisotopic (exact) mass is 240 g/mol. The predicted octanol–water partition coefficient (Wildman–Crippen LogP) is 0.720. The molecular weight excluding hydrogens is 220 g/mol. The first-order valence-electron chi connectivity index (χ1n) is 5.65. The second-order valence-electron chi connectivity index (χ2n) is 3.52. The maximum absolute atomic E-state index is 5.48. The van der Waals surface area contributed by atoms with Gasteiger partial charge in [0.15, 0.2) is 0 Å². The maximum Gasteiger partial charge on any atom is 0.0889 e. The van der Waals surface area contributed by atoms with Gasteiger partial charge in [-0.1, -0.05) is 6.07 Å². The molecule has 0 saturated carbocycles. The summed E-state index contributed by atoms with van der Waals surface area (Å²) in [5, 5.41) is 0. The van der Waals surface area contributed by atoms with E-state index in [-0.39, 0.29) is 0 Å².